The zero-order chi connectivity index (χ0) is 31.5. The highest BCUT2D eigenvalue weighted by Gasteiger charge is 2.18. The molecule has 4 nitrogen and oxygen atoms in total. The molecule has 1 aromatic carbocycles. The quantitative estimate of drug-likeness (QED) is 0.0860. The summed E-state index contributed by atoms with van der Waals surface area (Å²) >= 11 is 0. The Morgan fingerprint density at radius 1 is 0.500 bits per heavy atom. The summed E-state index contributed by atoms with van der Waals surface area (Å²) in [4.78, 5) is 9.00. The molecule has 0 aliphatic carbocycles. The Kier molecular flexibility index (Phi) is 25.2. The fourth-order valence-electron chi connectivity index (χ4n) is 5.95. The summed E-state index contributed by atoms with van der Waals surface area (Å²) in [5, 5.41) is 7.42. The van der Waals surface area contributed by atoms with Crippen LogP contribution in [-0.4, -0.2) is 61.3 Å². The van der Waals surface area contributed by atoms with Crippen LogP contribution in [0.5, 0.6) is 0 Å². The van der Waals surface area contributed by atoms with Gasteiger partial charge in [0.15, 0.2) is 0 Å². The number of benzene rings is 1. The van der Waals surface area contributed by atoms with E-state index in [1.165, 1.54) is 153 Å². The highest BCUT2D eigenvalue weighted by molar-refractivity contribution is 5.62. The molecule has 0 unspecified atom stereocenters. The zero-order valence-electron chi connectivity index (χ0n) is 29.5. The number of hydrogen-bond acceptors (Lipinski definition) is 1. The standard InChI is InChI=1S/C36H70N2.C2H4O2/c1-7-9-11-13-15-17-19-21-23-25-31-37(3,4)33-35-27-29-36(30-28-35)34-38(5,6)32-26-24-22-20-18-16-14-12-10-8-2;1-2(3)4/h27-30H,7-26,31-34H2,1-6H3;1H3,(H,3,4)/q+2;. The van der Waals surface area contributed by atoms with Gasteiger partial charge in [0.05, 0.1) is 41.3 Å². The van der Waals surface area contributed by atoms with Crippen LogP contribution in [0.3, 0.4) is 0 Å². The van der Waals surface area contributed by atoms with Crippen molar-refractivity contribution in [1.82, 2.24) is 0 Å². The van der Waals surface area contributed by atoms with Crippen LogP contribution in [-0.2, 0) is 17.9 Å². The maximum atomic E-state index is 9.00. The molecule has 4 heteroatoms. The van der Waals surface area contributed by atoms with Gasteiger partial charge < -0.3 is 14.1 Å². The molecule has 0 radical (unpaired) electrons. The lowest BCUT2D eigenvalue weighted by molar-refractivity contribution is -0.904. The van der Waals surface area contributed by atoms with Crippen molar-refractivity contribution >= 4 is 5.97 Å². The van der Waals surface area contributed by atoms with Gasteiger partial charge in [-0.1, -0.05) is 141 Å². The van der Waals surface area contributed by atoms with E-state index in [0.29, 0.717) is 0 Å². The van der Waals surface area contributed by atoms with E-state index in [0.717, 1.165) is 29.0 Å². The van der Waals surface area contributed by atoms with E-state index >= 15 is 0 Å². The van der Waals surface area contributed by atoms with Crippen LogP contribution in [0.1, 0.15) is 160 Å². The Bertz CT molecular complexity index is 681. The first-order chi connectivity index (χ1) is 20.0. The monoisotopic (exact) mass is 591 g/mol. The van der Waals surface area contributed by atoms with Crippen LogP contribution < -0.4 is 0 Å². The van der Waals surface area contributed by atoms with Crippen molar-refractivity contribution in [2.45, 2.75) is 162 Å². The molecule has 0 spiro atoms. The SMILES string of the molecule is CC(=O)O.CCCCCCCCCCCC[N+](C)(C)Cc1ccc(C[N+](C)(C)CCCCCCCCCCCC)cc1. The number of aliphatic carboxylic acids is 1. The number of carboxylic acid groups (broad SMARTS) is 1. The minimum Gasteiger partial charge on any atom is -0.481 e. The molecule has 0 saturated carbocycles. The number of unbranched alkanes of at least 4 members (excludes halogenated alkanes) is 18. The Balaban J connectivity index is 0.00000393. The summed E-state index contributed by atoms with van der Waals surface area (Å²) in [6, 6.07) is 9.59. The smallest absolute Gasteiger partial charge is 0.300 e. The fraction of sp³-hybridized carbons (Fsp3) is 0.816. The Labute approximate surface area is 263 Å². The molecule has 0 atom stereocenters. The lowest BCUT2D eigenvalue weighted by atomic mass is 10.1. The van der Waals surface area contributed by atoms with E-state index in [1.54, 1.807) is 0 Å². The Hall–Kier alpha value is -1.39. The van der Waals surface area contributed by atoms with Crippen molar-refractivity contribution in [2.75, 3.05) is 41.3 Å². The van der Waals surface area contributed by atoms with Gasteiger partial charge in [-0.15, -0.1) is 0 Å². The molecule has 0 aliphatic rings. The molecule has 0 aromatic heterocycles. The van der Waals surface area contributed by atoms with Gasteiger partial charge in [0.2, 0.25) is 0 Å². The summed E-state index contributed by atoms with van der Waals surface area (Å²) in [6.45, 7) is 10.6. The Morgan fingerprint density at radius 2 is 0.714 bits per heavy atom. The molecule has 0 amide bonds. The molecule has 0 saturated heterocycles. The third-order valence-electron chi connectivity index (χ3n) is 8.48. The molecule has 0 bridgehead atoms. The van der Waals surface area contributed by atoms with Gasteiger partial charge in [0.1, 0.15) is 13.1 Å². The zero-order valence-corrected chi connectivity index (χ0v) is 29.5. The maximum absolute atomic E-state index is 9.00. The molecule has 42 heavy (non-hydrogen) atoms. The van der Waals surface area contributed by atoms with Crippen molar-refractivity contribution in [3.8, 4) is 0 Å². The van der Waals surface area contributed by atoms with E-state index in [1.807, 2.05) is 0 Å². The van der Waals surface area contributed by atoms with Gasteiger partial charge in [-0.05, 0) is 25.7 Å². The number of carboxylic acids is 1. The van der Waals surface area contributed by atoms with Gasteiger partial charge in [0.25, 0.3) is 5.97 Å². The highest BCUT2D eigenvalue weighted by atomic mass is 16.4. The van der Waals surface area contributed by atoms with Crippen molar-refractivity contribution < 1.29 is 18.9 Å². The van der Waals surface area contributed by atoms with Crippen LogP contribution in [0.4, 0.5) is 0 Å². The largest absolute Gasteiger partial charge is 0.481 e. The number of quaternary nitrogens is 2. The van der Waals surface area contributed by atoms with Crippen LogP contribution >= 0.6 is 0 Å². The second-order valence-corrected chi connectivity index (χ2v) is 14.3. The molecular formula is C38H74N2O2+2. The van der Waals surface area contributed by atoms with Crippen LogP contribution in [0.15, 0.2) is 24.3 Å². The molecule has 1 N–H and O–H groups in total. The van der Waals surface area contributed by atoms with Crippen molar-refractivity contribution in [1.29, 1.82) is 0 Å². The average molecular weight is 591 g/mol. The van der Waals surface area contributed by atoms with Gasteiger partial charge in [-0.25, -0.2) is 0 Å². The van der Waals surface area contributed by atoms with Crippen LogP contribution in [0, 0.1) is 0 Å². The first kappa shape index (κ1) is 40.6. The van der Waals surface area contributed by atoms with Crippen molar-refractivity contribution in [2.24, 2.45) is 0 Å². The third kappa shape index (κ3) is 27.4. The fourth-order valence-corrected chi connectivity index (χ4v) is 5.95. The number of nitrogens with zero attached hydrogens (tertiary/aromatic N) is 2. The van der Waals surface area contributed by atoms with Gasteiger partial charge in [-0.3, -0.25) is 4.79 Å². The van der Waals surface area contributed by atoms with Crippen molar-refractivity contribution in [3.05, 3.63) is 35.4 Å². The predicted molar refractivity (Wildman–Crippen MR) is 185 cm³/mol. The molecule has 0 aliphatic heterocycles. The van der Waals surface area contributed by atoms with Crippen LogP contribution in [0.2, 0.25) is 0 Å². The first-order valence-electron chi connectivity index (χ1n) is 17.9. The van der Waals surface area contributed by atoms with Gasteiger partial charge in [0, 0.05) is 18.1 Å². The summed E-state index contributed by atoms with van der Waals surface area (Å²) in [7, 11) is 9.64. The van der Waals surface area contributed by atoms with E-state index in [9.17, 15) is 0 Å². The van der Waals surface area contributed by atoms with E-state index in [-0.39, 0.29) is 0 Å². The summed E-state index contributed by atoms with van der Waals surface area (Å²) in [6.07, 6.45) is 28.4. The molecule has 0 heterocycles. The molecule has 0 fully saturated rings. The summed E-state index contributed by atoms with van der Waals surface area (Å²) < 4.78 is 2.22. The summed E-state index contributed by atoms with van der Waals surface area (Å²) in [5.74, 6) is -0.833. The van der Waals surface area contributed by atoms with Gasteiger partial charge >= 0.3 is 0 Å². The van der Waals surface area contributed by atoms with E-state index < -0.39 is 5.97 Å². The lowest BCUT2D eigenvalue weighted by Gasteiger charge is -2.31. The minimum absolute atomic E-state index is 0.833. The van der Waals surface area contributed by atoms with Crippen molar-refractivity contribution in [3.63, 3.8) is 0 Å². The van der Waals surface area contributed by atoms with Crippen LogP contribution in [0.25, 0.3) is 0 Å². The second kappa shape index (κ2) is 26.1. The lowest BCUT2D eigenvalue weighted by Crippen LogP contribution is -2.40. The molecule has 246 valence electrons. The molecular weight excluding hydrogens is 516 g/mol. The summed E-state index contributed by atoms with van der Waals surface area (Å²) in [5.41, 5.74) is 2.98. The minimum atomic E-state index is -0.833. The van der Waals surface area contributed by atoms with E-state index in [2.05, 4.69) is 66.3 Å². The average Bonchev–Trinajstić information content (AvgIpc) is 2.91. The maximum Gasteiger partial charge on any atom is 0.300 e. The van der Waals surface area contributed by atoms with Gasteiger partial charge in [-0.2, -0.15) is 0 Å². The topological polar surface area (TPSA) is 37.3 Å². The Morgan fingerprint density at radius 3 is 0.952 bits per heavy atom. The molecule has 1 rings (SSSR count). The first-order valence-corrected chi connectivity index (χ1v) is 17.9. The number of carbonyl (C=O) groups is 1. The second-order valence-electron chi connectivity index (χ2n) is 14.3. The number of hydrogen-bond donors (Lipinski definition) is 1. The molecule has 1 aromatic rings. The predicted octanol–water partition coefficient (Wildman–Crippen LogP) is 10.8. The normalized spacial score (nSPS) is 11.8. The number of rotatable bonds is 26. The van der Waals surface area contributed by atoms with E-state index in [4.69, 9.17) is 9.90 Å². The highest BCUT2D eigenvalue weighted by Crippen LogP contribution is 2.18. The third-order valence-corrected chi connectivity index (χ3v) is 8.48.